The van der Waals surface area contributed by atoms with E-state index in [2.05, 4.69) is 20.9 Å². The van der Waals surface area contributed by atoms with E-state index in [4.69, 9.17) is 11.6 Å². The van der Waals surface area contributed by atoms with Crippen LogP contribution >= 0.6 is 27.5 Å². The van der Waals surface area contributed by atoms with E-state index in [9.17, 15) is 9.59 Å². The number of hydrogen-bond donors (Lipinski definition) is 0. The summed E-state index contributed by atoms with van der Waals surface area (Å²) in [4.78, 5) is 27.9. The second-order valence-corrected chi connectivity index (χ2v) is 4.45. The molecule has 1 aromatic heterocycles. The summed E-state index contributed by atoms with van der Waals surface area (Å²) < 4.78 is 0.609. The number of anilines is 1. The SMILES string of the molecule is O=C1CC(=O)N(c2ncc(Cl)cc2Br)C1. The number of nitrogens with zero attached hydrogens (tertiary/aromatic N) is 2. The van der Waals surface area contributed by atoms with Crippen LogP contribution in [0.15, 0.2) is 16.7 Å². The first-order valence-electron chi connectivity index (χ1n) is 4.21. The Labute approximate surface area is 99.4 Å². The molecule has 0 atom stereocenters. The molecule has 0 saturated carbocycles. The van der Waals surface area contributed by atoms with Crippen LogP contribution in [-0.2, 0) is 9.59 Å². The monoisotopic (exact) mass is 288 g/mol. The Kier molecular flexibility index (Phi) is 2.75. The maximum atomic E-state index is 11.4. The highest BCUT2D eigenvalue weighted by Crippen LogP contribution is 2.28. The first-order chi connectivity index (χ1) is 7.08. The molecule has 4 nitrogen and oxygen atoms in total. The van der Waals surface area contributed by atoms with Gasteiger partial charge in [-0.1, -0.05) is 11.6 Å². The molecular weight excluding hydrogens is 283 g/mol. The zero-order valence-electron chi connectivity index (χ0n) is 7.54. The van der Waals surface area contributed by atoms with E-state index in [0.717, 1.165) is 0 Å². The predicted octanol–water partition coefficient (Wildman–Crippen LogP) is 1.80. The van der Waals surface area contributed by atoms with Gasteiger partial charge in [-0.3, -0.25) is 14.5 Å². The molecule has 0 radical (unpaired) electrons. The molecule has 1 fully saturated rings. The van der Waals surface area contributed by atoms with E-state index in [1.807, 2.05) is 0 Å². The van der Waals surface area contributed by atoms with Crippen molar-refractivity contribution >= 4 is 45.0 Å². The fourth-order valence-electron chi connectivity index (χ4n) is 1.38. The third-order valence-electron chi connectivity index (χ3n) is 2.03. The minimum Gasteiger partial charge on any atom is -0.297 e. The number of ketones is 1. The van der Waals surface area contributed by atoms with E-state index in [1.54, 1.807) is 6.07 Å². The van der Waals surface area contributed by atoms with Crippen molar-refractivity contribution in [1.29, 1.82) is 0 Å². The molecule has 0 aromatic carbocycles. The van der Waals surface area contributed by atoms with Crippen molar-refractivity contribution in [1.82, 2.24) is 4.98 Å². The second kappa shape index (κ2) is 3.90. The number of rotatable bonds is 1. The van der Waals surface area contributed by atoms with Crippen LogP contribution in [0.25, 0.3) is 0 Å². The van der Waals surface area contributed by atoms with Gasteiger partial charge in [0.2, 0.25) is 5.91 Å². The Bertz CT molecular complexity index is 450. The summed E-state index contributed by atoms with van der Waals surface area (Å²) in [6.07, 6.45) is 1.40. The molecule has 0 N–H and O–H groups in total. The Morgan fingerprint density at radius 3 is 2.73 bits per heavy atom. The third kappa shape index (κ3) is 2.03. The Morgan fingerprint density at radius 2 is 2.20 bits per heavy atom. The number of Topliss-reactive ketones (excluding diaryl/α,β-unsaturated/α-hetero) is 1. The number of carbonyl (C=O) groups is 2. The van der Waals surface area contributed by atoms with Gasteiger partial charge in [0.15, 0.2) is 5.78 Å². The highest BCUT2D eigenvalue weighted by molar-refractivity contribution is 9.10. The van der Waals surface area contributed by atoms with Crippen LogP contribution in [0.3, 0.4) is 0 Å². The van der Waals surface area contributed by atoms with Crippen molar-refractivity contribution in [3.63, 3.8) is 0 Å². The fraction of sp³-hybridized carbons (Fsp3) is 0.222. The minimum atomic E-state index is -0.226. The molecule has 0 bridgehead atoms. The lowest BCUT2D eigenvalue weighted by molar-refractivity contribution is -0.121. The molecule has 78 valence electrons. The number of amides is 1. The van der Waals surface area contributed by atoms with Crippen molar-refractivity contribution in [2.75, 3.05) is 11.4 Å². The quantitative estimate of drug-likeness (QED) is 0.741. The van der Waals surface area contributed by atoms with Gasteiger partial charge in [-0.2, -0.15) is 0 Å². The van der Waals surface area contributed by atoms with Crippen molar-refractivity contribution in [2.45, 2.75) is 6.42 Å². The summed E-state index contributed by atoms with van der Waals surface area (Å²) in [6, 6.07) is 1.64. The van der Waals surface area contributed by atoms with Crippen LogP contribution in [0, 0.1) is 0 Å². The molecule has 6 heteroatoms. The van der Waals surface area contributed by atoms with Gasteiger partial charge in [-0.05, 0) is 22.0 Å². The zero-order valence-corrected chi connectivity index (χ0v) is 9.88. The molecule has 1 aromatic rings. The molecule has 1 amide bonds. The molecule has 0 unspecified atom stereocenters. The van der Waals surface area contributed by atoms with Crippen LogP contribution in [0.5, 0.6) is 0 Å². The Morgan fingerprint density at radius 1 is 1.47 bits per heavy atom. The first-order valence-corrected chi connectivity index (χ1v) is 5.38. The summed E-state index contributed by atoms with van der Waals surface area (Å²) >= 11 is 8.98. The lowest BCUT2D eigenvalue weighted by Gasteiger charge is -2.14. The van der Waals surface area contributed by atoms with Gasteiger partial charge in [0.05, 0.1) is 22.5 Å². The lowest BCUT2D eigenvalue weighted by atomic mass is 10.3. The van der Waals surface area contributed by atoms with Gasteiger partial charge in [-0.25, -0.2) is 4.98 Å². The average Bonchev–Trinajstić information content (AvgIpc) is 2.45. The molecule has 0 aliphatic carbocycles. The summed E-state index contributed by atoms with van der Waals surface area (Å²) in [5.41, 5.74) is 0. The van der Waals surface area contributed by atoms with Gasteiger partial charge in [-0.15, -0.1) is 0 Å². The van der Waals surface area contributed by atoms with E-state index < -0.39 is 0 Å². The standard InChI is InChI=1S/C9H6BrClN2O2/c10-7-1-5(11)3-12-9(7)13-4-6(14)2-8(13)15/h1,3H,2,4H2. The van der Waals surface area contributed by atoms with Gasteiger partial charge in [0.1, 0.15) is 5.82 Å². The zero-order chi connectivity index (χ0) is 11.0. The molecular formula is C9H6BrClN2O2. The highest BCUT2D eigenvalue weighted by atomic mass is 79.9. The van der Waals surface area contributed by atoms with Crippen LogP contribution in [0.4, 0.5) is 5.82 Å². The van der Waals surface area contributed by atoms with Crippen molar-refractivity contribution in [2.24, 2.45) is 0 Å². The van der Waals surface area contributed by atoms with Crippen LogP contribution in [0.2, 0.25) is 5.02 Å². The van der Waals surface area contributed by atoms with E-state index >= 15 is 0 Å². The van der Waals surface area contributed by atoms with E-state index in [-0.39, 0.29) is 24.7 Å². The number of pyridine rings is 1. The number of hydrogen-bond acceptors (Lipinski definition) is 3. The normalized spacial score (nSPS) is 16.3. The van der Waals surface area contributed by atoms with Gasteiger partial charge in [0.25, 0.3) is 0 Å². The molecule has 1 aliphatic heterocycles. The van der Waals surface area contributed by atoms with Gasteiger partial charge in [0, 0.05) is 6.20 Å². The summed E-state index contributed by atoms with van der Waals surface area (Å²) in [5, 5.41) is 0.476. The molecule has 2 rings (SSSR count). The summed E-state index contributed by atoms with van der Waals surface area (Å²) in [6.45, 7) is 0.0894. The van der Waals surface area contributed by atoms with Crippen LogP contribution in [-0.4, -0.2) is 23.2 Å². The molecule has 2 heterocycles. The lowest BCUT2D eigenvalue weighted by Crippen LogP contribution is -2.25. The number of aromatic nitrogens is 1. The van der Waals surface area contributed by atoms with E-state index in [0.29, 0.717) is 15.3 Å². The second-order valence-electron chi connectivity index (χ2n) is 3.15. The maximum absolute atomic E-state index is 11.4. The fourth-order valence-corrected chi connectivity index (χ4v) is 2.24. The van der Waals surface area contributed by atoms with Crippen LogP contribution < -0.4 is 4.90 Å². The Balaban J connectivity index is 2.38. The smallest absolute Gasteiger partial charge is 0.236 e. The van der Waals surface area contributed by atoms with Crippen molar-refractivity contribution in [3.8, 4) is 0 Å². The summed E-state index contributed by atoms with van der Waals surface area (Å²) in [7, 11) is 0. The summed E-state index contributed by atoms with van der Waals surface area (Å²) in [5.74, 6) is 0.120. The largest absolute Gasteiger partial charge is 0.297 e. The number of carbonyl (C=O) groups excluding carboxylic acids is 2. The highest BCUT2D eigenvalue weighted by Gasteiger charge is 2.30. The molecule has 1 aliphatic rings. The topological polar surface area (TPSA) is 50.3 Å². The molecule has 15 heavy (non-hydrogen) atoms. The van der Waals surface area contributed by atoms with E-state index in [1.165, 1.54) is 11.1 Å². The average molecular weight is 290 g/mol. The Hall–Kier alpha value is -0.940. The van der Waals surface area contributed by atoms with Crippen molar-refractivity contribution in [3.05, 3.63) is 21.8 Å². The third-order valence-corrected chi connectivity index (χ3v) is 2.82. The maximum Gasteiger partial charge on any atom is 0.236 e. The predicted molar refractivity (Wildman–Crippen MR) is 58.9 cm³/mol. The van der Waals surface area contributed by atoms with Gasteiger partial charge >= 0.3 is 0 Å². The molecule has 0 spiro atoms. The minimum absolute atomic E-state index is 0.0449. The van der Waals surface area contributed by atoms with Crippen molar-refractivity contribution < 1.29 is 9.59 Å². The number of halogens is 2. The van der Waals surface area contributed by atoms with Gasteiger partial charge < -0.3 is 0 Å². The van der Waals surface area contributed by atoms with Crippen LogP contribution in [0.1, 0.15) is 6.42 Å². The first kappa shape index (κ1) is 10.6. The molecule has 1 saturated heterocycles.